The highest BCUT2D eigenvalue weighted by molar-refractivity contribution is 5.84. The molecule has 2 saturated carbocycles. The Morgan fingerprint density at radius 2 is 1.69 bits per heavy atom. The van der Waals surface area contributed by atoms with Crippen LogP contribution in [-0.4, -0.2) is 10.8 Å². The summed E-state index contributed by atoms with van der Waals surface area (Å²) < 4.78 is 0. The van der Waals surface area contributed by atoms with Gasteiger partial charge in [-0.3, -0.25) is 9.78 Å². The van der Waals surface area contributed by atoms with Crippen molar-refractivity contribution in [3.63, 3.8) is 0 Å². The second-order valence-corrected chi connectivity index (χ2v) is 12.3. The zero-order chi connectivity index (χ0) is 26.9. The van der Waals surface area contributed by atoms with Crippen LogP contribution in [0.15, 0.2) is 61.2 Å². The lowest BCUT2D eigenvalue weighted by Gasteiger charge is -2.30. The van der Waals surface area contributed by atoms with E-state index in [1.807, 2.05) is 0 Å². The fourth-order valence-corrected chi connectivity index (χ4v) is 7.47. The molecule has 0 saturated heterocycles. The molecule has 3 aliphatic rings. The second kappa shape index (κ2) is 11.1. The highest BCUT2D eigenvalue weighted by Crippen LogP contribution is 2.41. The first-order valence-electron chi connectivity index (χ1n) is 15.0. The van der Waals surface area contributed by atoms with Crippen molar-refractivity contribution in [2.45, 2.75) is 84.0 Å². The Hall–Kier alpha value is -3.26. The molecule has 3 aromatic rings. The number of rotatable bonds is 6. The third-order valence-electron chi connectivity index (χ3n) is 9.51. The first kappa shape index (κ1) is 26.0. The molecule has 0 unspecified atom stereocenters. The molecule has 2 aromatic carbocycles. The van der Waals surface area contributed by atoms with Crippen LogP contribution in [0.1, 0.15) is 103 Å². The zero-order valence-corrected chi connectivity index (χ0v) is 23.6. The lowest BCUT2D eigenvalue weighted by Crippen LogP contribution is -2.26. The summed E-state index contributed by atoms with van der Waals surface area (Å²) in [5.41, 5.74) is 12.5. The fourth-order valence-electron chi connectivity index (χ4n) is 7.47. The molecule has 0 bridgehead atoms. The van der Waals surface area contributed by atoms with Gasteiger partial charge in [0.05, 0.1) is 5.69 Å². The molecule has 2 nitrogen and oxygen atoms in total. The quantitative estimate of drug-likeness (QED) is 0.327. The smallest absolute Gasteiger partial charge is 0.139 e. The molecule has 0 aliphatic heterocycles. The van der Waals surface area contributed by atoms with E-state index in [-0.39, 0.29) is 0 Å². The van der Waals surface area contributed by atoms with E-state index in [2.05, 4.69) is 81.1 Å². The SMILES string of the molecule is C=C1CC=Cc2cc(-c3cccc(C)n3)cc(Cc3ccc(C4CCC(C(=O)C5CCCC5)CC4)c(C)c3)c21. The van der Waals surface area contributed by atoms with Crippen LogP contribution in [0, 0.1) is 25.7 Å². The largest absolute Gasteiger partial charge is 0.299 e. The molecule has 0 atom stereocenters. The van der Waals surface area contributed by atoms with Crippen molar-refractivity contribution in [2.75, 3.05) is 0 Å². The predicted octanol–water partition coefficient (Wildman–Crippen LogP) is 9.42. The topological polar surface area (TPSA) is 30.0 Å². The number of allylic oxidation sites excluding steroid dienone is 2. The van der Waals surface area contributed by atoms with E-state index in [4.69, 9.17) is 4.98 Å². The number of Topliss-reactive ketones (excluding diaryl/α,β-unsaturated/α-hetero) is 1. The maximum absolute atomic E-state index is 13.0. The van der Waals surface area contributed by atoms with Crippen molar-refractivity contribution >= 4 is 17.4 Å². The number of nitrogens with zero attached hydrogens (tertiary/aromatic N) is 1. The monoisotopic (exact) mass is 515 g/mol. The van der Waals surface area contributed by atoms with E-state index in [1.165, 1.54) is 57.4 Å². The van der Waals surface area contributed by atoms with E-state index >= 15 is 0 Å². The molecule has 0 spiro atoms. The number of fused-ring (bicyclic) bond motifs is 1. The molecule has 39 heavy (non-hydrogen) atoms. The highest BCUT2D eigenvalue weighted by atomic mass is 16.1. The average Bonchev–Trinajstić information content (AvgIpc) is 3.48. The van der Waals surface area contributed by atoms with Gasteiger partial charge in [-0.05, 0) is 134 Å². The van der Waals surface area contributed by atoms with Gasteiger partial charge in [-0.15, -0.1) is 0 Å². The molecule has 0 amide bonds. The highest BCUT2D eigenvalue weighted by Gasteiger charge is 2.33. The summed E-state index contributed by atoms with van der Waals surface area (Å²) in [5, 5.41) is 0. The number of carbonyl (C=O) groups is 1. The molecule has 0 N–H and O–H groups in total. The van der Waals surface area contributed by atoms with E-state index < -0.39 is 0 Å². The van der Waals surface area contributed by atoms with Crippen LogP contribution in [0.25, 0.3) is 22.9 Å². The van der Waals surface area contributed by atoms with Crippen LogP contribution in [0.2, 0.25) is 0 Å². The third-order valence-corrected chi connectivity index (χ3v) is 9.51. The molecule has 2 heteroatoms. The van der Waals surface area contributed by atoms with Crippen molar-refractivity contribution in [2.24, 2.45) is 11.8 Å². The van der Waals surface area contributed by atoms with Crippen LogP contribution in [-0.2, 0) is 11.2 Å². The van der Waals surface area contributed by atoms with Crippen LogP contribution < -0.4 is 0 Å². The van der Waals surface area contributed by atoms with Crippen LogP contribution in [0.4, 0.5) is 0 Å². The molecule has 0 radical (unpaired) electrons. The Morgan fingerprint density at radius 1 is 0.923 bits per heavy atom. The summed E-state index contributed by atoms with van der Waals surface area (Å²) in [6.45, 7) is 8.75. The average molecular weight is 516 g/mol. The molecule has 2 fully saturated rings. The van der Waals surface area contributed by atoms with E-state index in [9.17, 15) is 4.79 Å². The number of pyridine rings is 1. The van der Waals surface area contributed by atoms with Crippen molar-refractivity contribution in [3.8, 4) is 11.3 Å². The van der Waals surface area contributed by atoms with Gasteiger partial charge < -0.3 is 0 Å². The fraction of sp³-hybridized carbons (Fsp3) is 0.405. The van der Waals surface area contributed by atoms with Crippen LogP contribution >= 0.6 is 0 Å². The number of hydrogen-bond donors (Lipinski definition) is 0. The van der Waals surface area contributed by atoms with E-state index in [0.717, 1.165) is 62.8 Å². The summed E-state index contributed by atoms with van der Waals surface area (Å²) in [5.74, 6) is 1.85. The minimum atomic E-state index is 0.312. The number of aryl methyl sites for hydroxylation is 2. The first-order chi connectivity index (χ1) is 19.0. The lowest BCUT2D eigenvalue weighted by molar-refractivity contribution is -0.127. The summed E-state index contributed by atoms with van der Waals surface area (Å²) in [4.78, 5) is 17.8. The lowest BCUT2D eigenvalue weighted by atomic mass is 9.74. The van der Waals surface area contributed by atoms with Gasteiger partial charge in [0.15, 0.2) is 0 Å². The second-order valence-electron chi connectivity index (χ2n) is 12.3. The summed E-state index contributed by atoms with van der Waals surface area (Å²) >= 11 is 0. The third kappa shape index (κ3) is 5.44. The molecule has 3 aliphatic carbocycles. The van der Waals surface area contributed by atoms with Crippen molar-refractivity contribution < 1.29 is 4.79 Å². The van der Waals surface area contributed by atoms with E-state index in [1.54, 1.807) is 0 Å². The zero-order valence-electron chi connectivity index (χ0n) is 23.6. The number of carbonyl (C=O) groups excluding carboxylic acids is 1. The summed E-state index contributed by atoms with van der Waals surface area (Å²) in [6.07, 6.45) is 15.5. The van der Waals surface area contributed by atoms with Crippen molar-refractivity contribution in [1.29, 1.82) is 0 Å². The Kier molecular flexibility index (Phi) is 7.38. The van der Waals surface area contributed by atoms with Gasteiger partial charge in [0.25, 0.3) is 0 Å². The standard InChI is InChI=1S/C37H41NO/c1-24-8-6-12-31-22-32(35-13-7-9-26(3)38-35)23-33(36(24)31)21-27-14-19-34(25(2)20-27)28-15-17-30(18-16-28)37(39)29-10-4-5-11-29/h6-7,9,12-14,19-20,22-23,28-30H,1,4-5,8,10-11,15-18,21H2,2-3H3. The Bertz CT molecular complexity index is 1430. The number of hydrogen-bond acceptors (Lipinski definition) is 2. The molecular formula is C37H41NO. The van der Waals surface area contributed by atoms with Crippen LogP contribution in [0.5, 0.6) is 0 Å². The Labute approximate surface area is 234 Å². The number of aromatic nitrogens is 1. The van der Waals surface area contributed by atoms with Gasteiger partial charge in [-0.1, -0.05) is 55.8 Å². The predicted molar refractivity (Wildman–Crippen MR) is 163 cm³/mol. The molecule has 200 valence electrons. The van der Waals surface area contributed by atoms with E-state index in [0.29, 0.717) is 23.5 Å². The van der Waals surface area contributed by atoms with Crippen molar-refractivity contribution in [1.82, 2.24) is 4.98 Å². The Balaban J connectivity index is 1.22. The van der Waals surface area contributed by atoms with Gasteiger partial charge in [-0.25, -0.2) is 0 Å². The molecule has 6 rings (SSSR count). The number of ketones is 1. The molecule has 1 aromatic heterocycles. The van der Waals surface area contributed by atoms with Crippen LogP contribution in [0.3, 0.4) is 0 Å². The normalized spacial score (nSPS) is 21.2. The van der Waals surface area contributed by atoms with Gasteiger partial charge in [0, 0.05) is 23.1 Å². The van der Waals surface area contributed by atoms with Gasteiger partial charge in [-0.2, -0.15) is 0 Å². The van der Waals surface area contributed by atoms with Gasteiger partial charge in [0.2, 0.25) is 0 Å². The van der Waals surface area contributed by atoms with Gasteiger partial charge in [0.1, 0.15) is 5.78 Å². The summed E-state index contributed by atoms with van der Waals surface area (Å²) in [6, 6.07) is 18.0. The molecular weight excluding hydrogens is 474 g/mol. The maximum Gasteiger partial charge on any atom is 0.139 e. The molecule has 1 heterocycles. The Morgan fingerprint density at radius 3 is 2.44 bits per heavy atom. The van der Waals surface area contributed by atoms with Crippen molar-refractivity contribution in [3.05, 3.63) is 100 Å². The minimum Gasteiger partial charge on any atom is -0.299 e. The number of benzene rings is 2. The maximum atomic E-state index is 13.0. The summed E-state index contributed by atoms with van der Waals surface area (Å²) in [7, 11) is 0. The minimum absolute atomic E-state index is 0.312. The van der Waals surface area contributed by atoms with Gasteiger partial charge >= 0.3 is 0 Å². The first-order valence-corrected chi connectivity index (χ1v) is 15.0.